The molecule has 6 nitrogen and oxygen atoms in total. The second-order valence-electron chi connectivity index (χ2n) is 4.13. The lowest BCUT2D eigenvalue weighted by molar-refractivity contribution is 0.477. The molecule has 2 aromatic carbocycles. The van der Waals surface area contributed by atoms with E-state index in [1.807, 2.05) is 6.07 Å². The Morgan fingerprint density at radius 2 is 1.95 bits per heavy atom. The molecule has 0 bridgehead atoms. The van der Waals surface area contributed by atoms with E-state index < -0.39 is 10.0 Å². The molecule has 0 amide bonds. The SMILES string of the molecule is N#Cc1ccc(Cl)c(NS(=O)(=O)c2ccc(O)c(N)c2)c1. The predicted molar refractivity (Wildman–Crippen MR) is 79.5 cm³/mol. The summed E-state index contributed by atoms with van der Waals surface area (Å²) in [5, 5.41) is 18.3. The van der Waals surface area contributed by atoms with E-state index in [1.165, 1.54) is 30.3 Å². The first-order valence-electron chi connectivity index (χ1n) is 5.64. The summed E-state index contributed by atoms with van der Waals surface area (Å²) in [5.41, 5.74) is 5.77. The highest BCUT2D eigenvalue weighted by Gasteiger charge is 2.17. The van der Waals surface area contributed by atoms with Crippen LogP contribution in [-0.4, -0.2) is 13.5 Å². The number of nitrogens with zero attached hydrogens (tertiary/aromatic N) is 1. The van der Waals surface area contributed by atoms with E-state index >= 15 is 0 Å². The van der Waals surface area contributed by atoms with Crippen molar-refractivity contribution in [1.29, 1.82) is 5.26 Å². The number of nitrogen functional groups attached to an aromatic ring is 1. The minimum Gasteiger partial charge on any atom is -0.506 e. The average Bonchev–Trinajstić information content (AvgIpc) is 2.44. The van der Waals surface area contributed by atoms with E-state index in [2.05, 4.69) is 4.72 Å². The van der Waals surface area contributed by atoms with Gasteiger partial charge in [0.15, 0.2) is 0 Å². The maximum Gasteiger partial charge on any atom is 0.262 e. The van der Waals surface area contributed by atoms with Gasteiger partial charge in [-0.1, -0.05) is 11.6 Å². The molecule has 0 heterocycles. The van der Waals surface area contributed by atoms with Crippen molar-refractivity contribution in [2.24, 2.45) is 0 Å². The highest BCUT2D eigenvalue weighted by Crippen LogP contribution is 2.28. The maximum atomic E-state index is 12.2. The number of phenolic OH excluding ortho intramolecular Hbond substituents is 1. The van der Waals surface area contributed by atoms with E-state index in [0.29, 0.717) is 0 Å². The fraction of sp³-hybridized carbons (Fsp3) is 0. The monoisotopic (exact) mass is 323 g/mol. The highest BCUT2D eigenvalue weighted by molar-refractivity contribution is 7.92. The molecule has 0 aliphatic carbocycles. The smallest absolute Gasteiger partial charge is 0.262 e. The highest BCUT2D eigenvalue weighted by atomic mass is 35.5. The van der Waals surface area contributed by atoms with Crippen molar-refractivity contribution in [2.45, 2.75) is 4.90 Å². The Kier molecular flexibility index (Phi) is 3.93. The standard InChI is InChI=1S/C13H10ClN3O3S/c14-10-3-1-8(7-15)5-12(10)17-21(19,20)9-2-4-13(18)11(16)6-9/h1-6,17-18H,16H2. The van der Waals surface area contributed by atoms with Gasteiger partial charge in [-0.15, -0.1) is 0 Å². The number of rotatable bonds is 3. The molecule has 0 atom stereocenters. The summed E-state index contributed by atoms with van der Waals surface area (Å²) in [6, 6.07) is 9.61. The van der Waals surface area contributed by atoms with Crippen molar-refractivity contribution >= 4 is 33.0 Å². The van der Waals surface area contributed by atoms with Gasteiger partial charge in [0, 0.05) is 0 Å². The third kappa shape index (κ3) is 3.18. The Balaban J connectivity index is 2.42. The predicted octanol–water partition coefficient (Wildman–Crippen LogP) is 2.30. The van der Waals surface area contributed by atoms with Crippen LogP contribution >= 0.6 is 11.6 Å². The second-order valence-corrected chi connectivity index (χ2v) is 6.22. The molecule has 0 aromatic heterocycles. The molecule has 0 aliphatic heterocycles. The van der Waals surface area contributed by atoms with Crippen LogP contribution < -0.4 is 10.5 Å². The molecule has 0 unspecified atom stereocenters. The molecule has 8 heteroatoms. The van der Waals surface area contributed by atoms with Crippen molar-refractivity contribution in [1.82, 2.24) is 0 Å². The molecular weight excluding hydrogens is 314 g/mol. The third-order valence-corrected chi connectivity index (χ3v) is 4.34. The minimum absolute atomic E-state index is 0.0604. The number of phenols is 1. The fourth-order valence-electron chi connectivity index (χ4n) is 1.58. The van der Waals surface area contributed by atoms with Gasteiger partial charge in [0.2, 0.25) is 0 Å². The van der Waals surface area contributed by atoms with E-state index in [9.17, 15) is 13.5 Å². The summed E-state index contributed by atoms with van der Waals surface area (Å²) >= 11 is 5.90. The van der Waals surface area contributed by atoms with Gasteiger partial charge in [-0.3, -0.25) is 4.72 Å². The summed E-state index contributed by atoms with van der Waals surface area (Å²) in [4.78, 5) is -0.128. The molecule has 4 N–H and O–H groups in total. The molecule has 0 fully saturated rings. The number of halogens is 1. The molecule has 0 saturated carbocycles. The lowest BCUT2D eigenvalue weighted by atomic mass is 10.2. The third-order valence-electron chi connectivity index (χ3n) is 2.65. The molecule has 108 valence electrons. The van der Waals surface area contributed by atoms with Crippen LogP contribution in [0.1, 0.15) is 5.56 Å². The van der Waals surface area contributed by atoms with Gasteiger partial charge >= 0.3 is 0 Å². The quantitative estimate of drug-likeness (QED) is 0.592. The zero-order chi connectivity index (χ0) is 15.6. The molecule has 0 saturated heterocycles. The van der Waals surface area contributed by atoms with E-state index in [0.717, 1.165) is 6.07 Å². The first-order chi connectivity index (χ1) is 9.83. The van der Waals surface area contributed by atoms with Gasteiger partial charge in [-0.2, -0.15) is 5.26 Å². The van der Waals surface area contributed by atoms with Crippen LogP contribution in [0, 0.1) is 11.3 Å². The Morgan fingerprint density at radius 3 is 2.57 bits per heavy atom. The number of anilines is 2. The molecule has 0 radical (unpaired) electrons. The van der Waals surface area contributed by atoms with Gasteiger partial charge in [0.1, 0.15) is 5.75 Å². The number of nitriles is 1. The fourth-order valence-corrected chi connectivity index (χ4v) is 2.90. The molecular formula is C13H10ClN3O3S. The normalized spacial score (nSPS) is 10.9. The number of sulfonamides is 1. The average molecular weight is 324 g/mol. The Labute approximate surface area is 126 Å². The number of nitrogens with two attached hydrogens (primary N) is 1. The van der Waals surface area contributed by atoms with Crippen LogP contribution in [0.3, 0.4) is 0 Å². The molecule has 2 rings (SSSR count). The van der Waals surface area contributed by atoms with Crippen molar-refractivity contribution in [2.75, 3.05) is 10.5 Å². The largest absolute Gasteiger partial charge is 0.506 e. The first kappa shape index (κ1) is 15.0. The van der Waals surface area contributed by atoms with E-state index in [1.54, 1.807) is 0 Å². The molecule has 0 aliphatic rings. The maximum absolute atomic E-state index is 12.2. The lowest BCUT2D eigenvalue weighted by Gasteiger charge is -2.10. The van der Waals surface area contributed by atoms with Gasteiger partial charge in [-0.25, -0.2) is 8.42 Å². The van der Waals surface area contributed by atoms with Crippen LogP contribution in [0.5, 0.6) is 5.75 Å². The summed E-state index contributed by atoms with van der Waals surface area (Å²) in [7, 11) is -3.94. The van der Waals surface area contributed by atoms with E-state index in [4.69, 9.17) is 22.6 Å². The van der Waals surface area contributed by atoms with E-state index in [-0.39, 0.29) is 32.6 Å². The number of benzene rings is 2. The van der Waals surface area contributed by atoms with Gasteiger partial charge in [0.25, 0.3) is 10.0 Å². The first-order valence-corrected chi connectivity index (χ1v) is 7.50. The van der Waals surface area contributed by atoms with Crippen molar-refractivity contribution in [3.8, 4) is 11.8 Å². The van der Waals surface area contributed by atoms with Crippen molar-refractivity contribution < 1.29 is 13.5 Å². The Bertz CT molecular complexity index is 844. The van der Waals surface area contributed by atoms with Crippen LogP contribution in [0.25, 0.3) is 0 Å². The molecule has 2 aromatic rings. The summed E-state index contributed by atoms with van der Waals surface area (Å²) in [5.74, 6) is -0.210. The van der Waals surface area contributed by atoms with Gasteiger partial charge < -0.3 is 10.8 Å². The zero-order valence-electron chi connectivity index (χ0n) is 10.5. The topological polar surface area (TPSA) is 116 Å². The number of hydrogen-bond acceptors (Lipinski definition) is 5. The summed E-state index contributed by atoms with van der Waals surface area (Å²) < 4.78 is 26.7. The van der Waals surface area contributed by atoms with Crippen LogP contribution in [0.15, 0.2) is 41.3 Å². The lowest BCUT2D eigenvalue weighted by Crippen LogP contribution is -2.13. The summed E-state index contributed by atoms with van der Waals surface area (Å²) in [6.07, 6.45) is 0. The van der Waals surface area contributed by atoms with Gasteiger partial charge in [0.05, 0.1) is 32.9 Å². The van der Waals surface area contributed by atoms with Crippen molar-refractivity contribution in [3.05, 3.63) is 47.0 Å². The second kappa shape index (κ2) is 5.52. The summed E-state index contributed by atoms with van der Waals surface area (Å²) in [6.45, 7) is 0. The number of nitrogens with one attached hydrogen (secondary N) is 1. The Morgan fingerprint density at radius 1 is 1.24 bits per heavy atom. The molecule has 21 heavy (non-hydrogen) atoms. The van der Waals surface area contributed by atoms with Crippen molar-refractivity contribution in [3.63, 3.8) is 0 Å². The van der Waals surface area contributed by atoms with Crippen LogP contribution in [0.4, 0.5) is 11.4 Å². The molecule has 0 spiro atoms. The minimum atomic E-state index is -3.94. The van der Waals surface area contributed by atoms with Gasteiger partial charge in [-0.05, 0) is 36.4 Å². The zero-order valence-corrected chi connectivity index (χ0v) is 12.1. The number of aromatic hydroxyl groups is 1. The Hall–Kier alpha value is -2.43. The van der Waals surface area contributed by atoms with Crippen LogP contribution in [-0.2, 0) is 10.0 Å². The van der Waals surface area contributed by atoms with Crippen LogP contribution in [0.2, 0.25) is 5.02 Å². The number of hydrogen-bond donors (Lipinski definition) is 3.